The Bertz CT molecular complexity index is 966. The van der Waals surface area contributed by atoms with E-state index in [2.05, 4.69) is 0 Å². The lowest BCUT2D eigenvalue weighted by Gasteiger charge is -2.25. The highest BCUT2D eigenvalue weighted by Gasteiger charge is 2.45. The van der Waals surface area contributed by atoms with Gasteiger partial charge in [-0.05, 0) is 24.1 Å². The molecule has 0 saturated carbocycles. The van der Waals surface area contributed by atoms with Crippen molar-refractivity contribution in [2.24, 2.45) is 0 Å². The lowest BCUT2D eigenvalue weighted by Crippen LogP contribution is -2.31. The van der Waals surface area contributed by atoms with Gasteiger partial charge in [0.1, 0.15) is 11.5 Å². The number of Topliss-reactive ketones (excluding diaryl/α,β-unsaturated/α-hetero) is 1. The Morgan fingerprint density at radius 2 is 1.79 bits per heavy atom. The van der Waals surface area contributed by atoms with Gasteiger partial charge in [-0.25, -0.2) is 0 Å². The normalized spacial score (nSPS) is 18.1. The smallest absolute Gasteiger partial charge is 0.303 e. The number of carbonyl (C=O) groups excluding carboxylic acids is 2. The molecule has 7 heteroatoms. The molecule has 0 radical (unpaired) electrons. The van der Waals surface area contributed by atoms with Gasteiger partial charge in [0, 0.05) is 18.5 Å². The Balaban J connectivity index is 2.10. The second-order valence-corrected chi connectivity index (χ2v) is 6.63. The number of carboxylic acid groups (broad SMARTS) is 1. The molecule has 1 heterocycles. The molecule has 1 saturated heterocycles. The van der Waals surface area contributed by atoms with Crippen LogP contribution in [0.15, 0.2) is 60.2 Å². The first kappa shape index (κ1) is 20.1. The third-order valence-electron chi connectivity index (χ3n) is 4.79. The molecule has 7 nitrogen and oxygen atoms in total. The van der Waals surface area contributed by atoms with E-state index in [1.807, 2.05) is 0 Å². The van der Waals surface area contributed by atoms with Crippen molar-refractivity contribution in [3.8, 4) is 5.75 Å². The monoisotopic (exact) mass is 395 g/mol. The van der Waals surface area contributed by atoms with E-state index in [-0.39, 0.29) is 30.7 Å². The molecule has 2 N–H and O–H groups in total. The highest BCUT2D eigenvalue weighted by Crippen LogP contribution is 2.40. The van der Waals surface area contributed by atoms with Gasteiger partial charge in [-0.2, -0.15) is 0 Å². The molecular formula is C22H21NO6. The first-order valence-electron chi connectivity index (χ1n) is 9.13. The van der Waals surface area contributed by atoms with Crippen molar-refractivity contribution in [2.45, 2.75) is 18.9 Å². The molecule has 1 amide bonds. The molecular weight excluding hydrogens is 374 g/mol. The number of amides is 1. The van der Waals surface area contributed by atoms with Crippen LogP contribution in [0, 0.1) is 0 Å². The number of ketones is 1. The van der Waals surface area contributed by atoms with Crippen LogP contribution in [0.25, 0.3) is 5.76 Å². The van der Waals surface area contributed by atoms with Crippen molar-refractivity contribution in [2.75, 3.05) is 13.7 Å². The Morgan fingerprint density at radius 3 is 2.45 bits per heavy atom. The lowest BCUT2D eigenvalue weighted by atomic mass is 9.95. The van der Waals surface area contributed by atoms with Gasteiger partial charge in [-0.15, -0.1) is 0 Å². The van der Waals surface area contributed by atoms with Crippen LogP contribution in [0.2, 0.25) is 0 Å². The minimum atomic E-state index is -0.983. The van der Waals surface area contributed by atoms with E-state index in [4.69, 9.17) is 9.84 Å². The van der Waals surface area contributed by atoms with Gasteiger partial charge >= 0.3 is 5.97 Å². The summed E-state index contributed by atoms with van der Waals surface area (Å²) in [5.74, 6) is -2.27. The van der Waals surface area contributed by atoms with Gasteiger partial charge < -0.3 is 19.8 Å². The third-order valence-corrected chi connectivity index (χ3v) is 4.79. The number of ether oxygens (including phenoxy) is 1. The molecule has 3 rings (SSSR count). The molecule has 29 heavy (non-hydrogen) atoms. The van der Waals surface area contributed by atoms with E-state index in [0.29, 0.717) is 16.9 Å². The number of benzene rings is 2. The van der Waals surface area contributed by atoms with Crippen molar-refractivity contribution in [3.63, 3.8) is 0 Å². The van der Waals surface area contributed by atoms with E-state index >= 15 is 0 Å². The van der Waals surface area contributed by atoms with Crippen LogP contribution >= 0.6 is 0 Å². The van der Waals surface area contributed by atoms with Crippen LogP contribution < -0.4 is 4.74 Å². The molecule has 1 fully saturated rings. The van der Waals surface area contributed by atoms with Gasteiger partial charge in [-0.1, -0.05) is 42.5 Å². The molecule has 2 aromatic rings. The number of aliphatic carboxylic acids is 1. The average Bonchev–Trinajstić information content (AvgIpc) is 2.98. The summed E-state index contributed by atoms with van der Waals surface area (Å²) in [6.45, 7) is 0.0737. The highest BCUT2D eigenvalue weighted by atomic mass is 16.5. The fraction of sp³-hybridized carbons (Fsp3) is 0.227. The minimum Gasteiger partial charge on any atom is -0.507 e. The molecule has 0 spiro atoms. The first-order chi connectivity index (χ1) is 13.9. The summed E-state index contributed by atoms with van der Waals surface area (Å²) in [7, 11) is 1.51. The number of nitrogens with zero attached hydrogens (tertiary/aromatic N) is 1. The van der Waals surface area contributed by atoms with Gasteiger partial charge in [0.25, 0.3) is 11.7 Å². The molecule has 1 aliphatic rings. The van der Waals surface area contributed by atoms with E-state index in [1.165, 1.54) is 12.0 Å². The summed E-state index contributed by atoms with van der Waals surface area (Å²) in [6.07, 6.45) is 0.0563. The zero-order valence-corrected chi connectivity index (χ0v) is 15.9. The maximum atomic E-state index is 12.8. The average molecular weight is 395 g/mol. The van der Waals surface area contributed by atoms with Gasteiger partial charge in [0.15, 0.2) is 0 Å². The second-order valence-electron chi connectivity index (χ2n) is 6.63. The molecule has 150 valence electrons. The Kier molecular flexibility index (Phi) is 5.97. The molecule has 2 aromatic carbocycles. The van der Waals surface area contributed by atoms with Crippen molar-refractivity contribution in [3.05, 3.63) is 71.3 Å². The SMILES string of the molecule is COc1cccc([C@@H]2C(=C(O)c3ccccc3)C(=O)C(=O)N2CCCC(=O)O)c1. The van der Waals surface area contributed by atoms with Gasteiger partial charge in [0.2, 0.25) is 0 Å². The summed E-state index contributed by atoms with van der Waals surface area (Å²) in [5, 5.41) is 19.8. The Hall–Kier alpha value is -3.61. The zero-order chi connectivity index (χ0) is 21.0. The number of hydrogen-bond donors (Lipinski definition) is 2. The fourth-order valence-corrected chi connectivity index (χ4v) is 3.42. The molecule has 0 aliphatic carbocycles. The number of rotatable bonds is 7. The Morgan fingerprint density at radius 1 is 1.07 bits per heavy atom. The van der Waals surface area contributed by atoms with Crippen LogP contribution in [0.1, 0.15) is 30.0 Å². The predicted octanol–water partition coefficient (Wildman–Crippen LogP) is 2.98. The van der Waals surface area contributed by atoms with Crippen LogP contribution in [-0.4, -0.2) is 46.4 Å². The number of aliphatic hydroxyl groups is 1. The van der Waals surface area contributed by atoms with Crippen molar-refractivity contribution >= 4 is 23.4 Å². The number of aliphatic hydroxyl groups excluding tert-OH is 1. The van der Waals surface area contributed by atoms with Crippen LogP contribution in [0.4, 0.5) is 0 Å². The molecule has 0 aromatic heterocycles. The van der Waals surface area contributed by atoms with Crippen LogP contribution in [-0.2, 0) is 14.4 Å². The molecule has 0 bridgehead atoms. The third kappa shape index (κ3) is 4.13. The maximum absolute atomic E-state index is 12.8. The minimum absolute atomic E-state index is 0.0234. The number of hydrogen-bond acceptors (Lipinski definition) is 5. The van der Waals surface area contributed by atoms with Gasteiger partial charge in [-0.3, -0.25) is 14.4 Å². The summed E-state index contributed by atoms with van der Waals surface area (Å²) in [6, 6.07) is 14.6. The summed E-state index contributed by atoms with van der Waals surface area (Å²) in [4.78, 5) is 37.7. The van der Waals surface area contributed by atoms with E-state index in [0.717, 1.165) is 0 Å². The predicted molar refractivity (Wildman–Crippen MR) is 105 cm³/mol. The molecule has 0 unspecified atom stereocenters. The van der Waals surface area contributed by atoms with Gasteiger partial charge in [0.05, 0.1) is 18.7 Å². The summed E-state index contributed by atoms with van der Waals surface area (Å²) < 4.78 is 5.25. The fourth-order valence-electron chi connectivity index (χ4n) is 3.42. The summed E-state index contributed by atoms with van der Waals surface area (Å²) >= 11 is 0. The second kappa shape index (κ2) is 8.60. The standard InChI is InChI=1S/C22H21NO6/c1-29-16-10-5-9-15(13-16)19-18(20(26)14-7-3-2-4-8-14)21(27)22(28)23(19)12-6-11-17(24)25/h2-5,7-10,13,19,26H,6,11-12H2,1H3,(H,24,25)/t19-/m1/s1. The molecule has 1 atom stereocenters. The van der Waals surface area contributed by atoms with Crippen molar-refractivity contribution in [1.82, 2.24) is 4.90 Å². The largest absolute Gasteiger partial charge is 0.507 e. The lowest BCUT2D eigenvalue weighted by molar-refractivity contribution is -0.140. The first-order valence-corrected chi connectivity index (χ1v) is 9.13. The number of carbonyl (C=O) groups is 3. The van der Waals surface area contributed by atoms with Crippen LogP contribution in [0.5, 0.6) is 5.75 Å². The maximum Gasteiger partial charge on any atom is 0.303 e. The highest BCUT2D eigenvalue weighted by molar-refractivity contribution is 6.46. The van der Waals surface area contributed by atoms with E-state index in [1.54, 1.807) is 54.6 Å². The van der Waals surface area contributed by atoms with Crippen molar-refractivity contribution < 1.29 is 29.3 Å². The van der Waals surface area contributed by atoms with E-state index < -0.39 is 23.7 Å². The topological polar surface area (TPSA) is 104 Å². The Labute approximate surface area is 167 Å². The summed E-state index contributed by atoms with van der Waals surface area (Å²) in [5.41, 5.74) is 0.991. The number of likely N-dealkylation sites (tertiary alicyclic amines) is 1. The van der Waals surface area contributed by atoms with Crippen molar-refractivity contribution in [1.29, 1.82) is 0 Å². The zero-order valence-electron chi connectivity index (χ0n) is 15.9. The van der Waals surface area contributed by atoms with Crippen LogP contribution in [0.3, 0.4) is 0 Å². The number of carboxylic acids is 1. The van der Waals surface area contributed by atoms with E-state index in [9.17, 15) is 19.5 Å². The molecule has 1 aliphatic heterocycles. The quantitative estimate of drug-likeness (QED) is 0.424. The number of methoxy groups -OCH3 is 1.